The number of nitrogens with one attached hydrogen (secondary N) is 1. The van der Waals surface area contributed by atoms with Gasteiger partial charge in [0.1, 0.15) is 18.4 Å². The van der Waals surface area contributed by atoms with Gasteiger partial charge < -0.3 is 10.2 Å². The Hall–Kier alpha value is -2.94. The zero-order chi connectivity index (χ0) is 25.0. The normalized spacial score (nSPS) is 12.7. The van der Waals surface area contributed by atoms with E-state index in [1.54, 1.807) is 6.92 Å². The molecule has 0 spiro atoms. The number of carbonyl (C=O) groups is 2. The van der Waals surface area contributed by atoms with E-state index in [-0.39, 0.29) is 18.1 Å². The predicted molar refractivity (Wildman–Crippen MR) is 128 cm³/mol. The molecule has 180 valence electrons. The van der Waals surface area contributed by atoms with Crippen LogP contribution < -0.4 is 9.62 Å². The number of nitrogens with zero attached hydrogens (tertiary/aromatic N) is 2. The number of hydrogen-bond donors (Lipinski definition) is 1. The van der Waals surface area contributed by atoms with Gasteiger partial charge in [-0.15, -0.1) is 0 Å². The van der Waals surface area contributed by atoms with Crippen LogP contribution >= 0.6 is 0 Å². The third-order valence-corrected chi connectivity index (χ3v) is 6.20. The van der Waals surface area contributed by atoms with Crippen LogP contribution in [0, 0.1) is 12.7 Å². The molecule has 0 aliphatic heterocycles. The van der Waals surface area contributed by atoms with Gasteiger partial charge in [0, 0.05) is 12.1 Å². The SMILES string of the molecule is Cc1ccccc1CN(C(=O)CN(c1ccc(F)cc1)S(C)(=O)=O)[C@H](C)C(=O)NC(C)(C)C. The maximum absolute atomic E-state index is 13.4. The second-order valence-electron chi connectivity index (χ2n) is 9.11. The number of anilines is 1. The van der Waals surface area contributed by atoms with Crippen LogP contribution in [0.25, 0.3) is 0 Å². The smallest absolute Gasteiger partial charge is 0.244 e. The summed E-state index contributed by atoms with van der Waals surface area (Å²) in [7, 11) is -3.85. The minimum atomic E-state index is -3.85. The van der Waals surface area contributed by atoms with E-state index >= 15 is 0 Å². The molecule has 2 rings (SSSR count). The Labute approximate surface area is 195 Å². The summed E-state index contributed by atoms with van der Waals surface area (Å²) in [4.78, 5) is 27.7. The largest absolute Gasteiger partial charge is 0.350 e. The standard InChI is InChI=1S/C24H32FN3O4S/c1-17-9-7-8-10-19(17)15-27(18(2)23(30)26-24(3,4)5)22(29)16-28(33(6,31)32)21-13-11-20(25)12-14-21/h7-14,18H,15-16H2,1-6H3,(H,26,30)/t18-/m1/s1. The van der Waals surface area contributed by atoms with E-state index in [0.29, 0.717) is 0 Å². The summed E-state index contributed by atoms with van der Waals surface area (Å²) >= 11 is 0. The molecule has 2 aromatic rings. The topological polar surface area (TPSA) is 86.8 Å². The fourth-order valence-electron chi connectivity index (χ4n) is 3.25. The number of rotatable bonds is 8. The van der Waals surface area contributed by atoms with Gasteiger partial charge in [-0.25, -0.2) is 12.8 Å². The number of benzene rings is 2. The zero-order valence-corrected chi connectivity index (χ0v) is 20.7. The first kappa shape index (κ1) is 26.3. The van der Waals surface area contributed by atoms with Crippen LogP contribution in [0.2, 0.25) is 0 Å². The molecule has 0 aliphatic rings. The Balaban J connectivity index is 2.41. The molecule has 0 aromatic heterocycles. The summed E-state index contributed by atoms with van der Waals surface area (Å²) in [5, 5.41) is 2.87. The third-order valence-electron chi connectivity index (χ3n) is 5.06. The molecule has 1 atom stereocenters. The van der Waals surface area contributed by atoms with Crippen molar-refractivity contribution in [3.8, 4) is 0 Å². The maximum atomic E-state index is 13.4. The lowest BCUT2D eigenvalue weighted by molar-refractivity contribution is -0.140. The Bertz CT molecular complexity index is 1100. The molecule has 2 amide bonds. The van der Waals surface area contributed by atoms with Crippen molar-refractivity contribution < 1.29 is 22.4 Å². The van der Waals surface area contributed by atoms with Crippen LogP contribution in [0.15, 0.2) is 48.5 Å². The van der Waals surface area contributed by atoms with Crippen LogP contribution in [-0.2, 0) is 26.2 Å². The van der Waals surface area contributed by atoms with E-state index in [9.17, 15) is 22.4 Å². The summed E-state index contributed by atoms with van der Waals surface area (Å²) < 4.78 is 39.2. The summed E-state index contributed by atoms with van der Waals surface area (Å²) in [6.07, 6.45) is 0.977. The zero-order valence-electron chi connectivity index (χ0n) is 19.9. The molecule has 0 bridgehead atoms. The van der Waals surface area contributed by atoms with Crippen molar-refractivity contribution in [1.82, 2.24) is 10.2 Å². The Morgan fingerprint density at radius 1 is 1.06 bits per heavy atom. The van der Waals surface area contributed by atoms with E-state index < -0.39 is 39.9 Å². The molecule has 0 saturated carbocycles. The lowest BCUT2D eigenvalue weighted by Gasteiger charge is -2.33. The van der Waals surface area contributed by atoms with Crippen LogP contribution in [0.1, 0.15) is 38.8 Å². The molecule has 7 nitrogen and oxygen atoms in total. The lowest BCUT2D eigenvalue weighted by atomic mass is 10.1. The van der Waals surface area contributed by atoms with E-state index in [2.05, 4.69) is 5.32 Å². The van der Waals surface area contributed by atoms with Crippen molar-refractivity contribution in [3.63, 3.8) is 0 Å². The van der Waals surface area contributed by atoms with Gasteiger partial charge >= 0.3 is 0 Å². The van der Waals surface area contributed by atoms with Gasteiger partial charge in [0.15, 0.2) is 0 Å². The van der Waals surface area contributed by atoms with E-state index in [4.69, 9.17) is 0 Å². The number of hydrogen-bond acceptors (Lipinski definition) is 4. The van der Waals surface area contributed by atoms with Crippen LogP contribution in [0.5, 0.6) is 0 Å². The van der Waals surface area contributed by atoms with Gasteiger partial charge in [0.25, 0.3) is 0 Å². The highest BCUT2D eigenvalue weighted by Gasteiger charge is 2.31. The second kappa shape index (κ2) is 10.3. The average Bonchev–Trinajstić information content (AvgIpc) is 2.69. The van der Waals surface area contributed by atoms with Gasteiger partial charge in [0.05, 0.1) is 11.9 Å². The van der Waals surface area contributed by atoms with Gasteiger partial charge in [0.2, 0.25) is 21.8 Å². The number of halogens is 1. The summed E-state index contributed by atoms with van der Waals surface area (Å²) in [5.74, 6) is -1.42. The molecular weight excluding hydrogens is 445 g/mol. The highest BCUT2D eigenvalue weighted by molar-refractivity contribution is 7.92. The third kappa shape index (κ3) is 7.56. The van der Waals surface area contributed by atoms with Gasteiger partial charge in [-0.2, -0.15) is 0 Å². The molecule has 0 saturated heterocycles. The van der Waals surface area contributed by atoms with E-state index in [1.165, 1.54) is 17.0 Å². The maximum Gasteiger partial charge on any atom is 0.244 e. The van der Waals surface area contributed by atoms with Gasteiger partial charge in [-0.1, -0.05) is 24.3 Å². The number of carbonyl (C=O) groups excluding carboxylic acids is 2. The highest BCUT2D eigenvalue weighted by atomic mass is 32.2. The molecule has 0 heterocycles. The minimum absolute atomic E-state index is 0.130. The lowest BCUT2D eigenvalue weighted by Crippen LogP contribution is -2.54. The number of amides is 2. The van der Waals surface area contributed by atoms with Crippen molar-refractivity contribution in [1.29, 1.82) is 0 Å². The molecule has 0 fully saturated rings. The summed E-state index contributed by atoms with van der Waals surface area (Å²) in [5.41, 5.74) is 1.44. The summed E-state index contributed by atoms with van der Waals surface area (Å²) in [6.45, 7) is 8.63. The Morgan fingerprint density at radius 2 is 1.64 bits per heavy atom. The monoisotopic (exact) mass is 477 g/mol. The van der Waals surface area contributed by atoms with Crippen molar-refractivity contribution >= 4 is 27.5 Å². The fourth-order valence-corrected chi connectivity index (χ4v) is 4.10. The summed E-state index contributed by atoms with van der Waals surface area (Å²) in [6, 6.07) is 11.5. The van der Waals surface area contributed by atoms with Gasteiger partial charge in [-0.05, 0) is 70.0 Å². The fraction of sp³-hybridized carbons (Fsp3) is 0.417. The van der Waals surface area contributed by atoms with Crippen molar-refractivity contribution in [2.45, 2.75) is 52.7 Å². The quantitative estimate of drug-likeness (QED) is 0.633. The van der Waals surface area contributed by atoms with Crippen molar-refractivity contribution in [3.05, 3.63) is 65.5 Å². The Kier molecular flexibility index (Phi) is 8.24. The molecule has 9 heteroatoms. The van der Waals surface area contributed by atoms with Gasteiger partial charge in [-0.3, -0.25) is 13.9 Å². The molecule has 33 heavy (non-hydrogen) atoms. The van der Waals surface area contributed by atoms with Crippen molar-refractivity contribution in [2.24, 2.45) is 0 Å². The average molecular weight is 478 g/mol. The number of sulfonamides is 1. The molecule has 0 aliphatic carbocycles. The van der Waals surface area contributed by atoms with E-state index in [0.717, 1.165) is 33.8 Å². The first-order chi connectivity index (χ1) is 15.2. The molecule has 2 aromatic carbocycles. The van der Waals surface area contributed by atoms with Crippen molar-refractivity contribution in [2.75, 3.05) is 17.1 Å². The second-order valence-corrected chi connectivity index (χ2v) is 11.0. The van der Waals surface area contributed by atoms with Crippen LogP contribution in [0.4, 0.5) is 10.1 Å². The number of aryl methyl sites for hydroxylation is 1. The molecular formula is C24H32FN3O4S. The van der Waals surface area contributed by atoms with E-state index in [1.807, 2.05) is 52.0 Å². The first-order valence-electron chi connectivity index (χ1n) is 10.6. The van der Waals surface area contributed by atoms with Crippen LogP contribution in [0.3, 0.4) is 0 Å². The minimum Gasteiger partial charge on any atom is -0.350 e. The molecule has 0 unspecified atom stereocenters. The van der Waals surface area contributed by atoms with Crippen LogP contribution in [-0.4, -0.2) is 49.5 Å². The Morgan fingerprint density at radius 3 is 2.15 bits per heavy atom. The molecule has 1 N–H and O–H groups in total. The predicted octanol–water partition coefficient (Wildman–Crippen LogP) is 3.23. The molecule has 0 radical (unpaired) electrons. The highest BCUT2D eigenvalue weighted by Crippen LogP contribution is 2.20. The first-order valence-corrected chi connectivity index (χ1v) is 12.4.